The summed E-state index contributed by atoms with van der Waals surface area (Å²) in [6.45, 7) is 10.2. The summed E-state index contributed by atoms with van der Waals surface area (Å²) in [5.41, 5.74) is 1.36. The molecule has 0 aromatic heterocycles. The maximum absolute atomic E-state index is 12.4. The van der Waals surface area contributed by atoms with Crippen molar-refractivity contribution in [3.05, 3.63) is 11.6 Å². The Bertz CT molecular complexity index is 540. The zero-order valence-corrected chi connectivity index (χ0v) is 17.8. The lowest BCUT2D eigenvalue weighted by Crippen LogP contribution is -2.57. The molecule has 5 atom stereocenters. The van der Waals surface area contributed by atoms with Gasteiger partial charge < -0.3 is 14.8 Å². The predicted molar refractivity (Wildman–Crippen MR) is 109 cm³/mol. The number of allylic oxidation sites excluding steroid dienone is 1. The third kappa shape index (κ3) is 4.36. The van der Waals surface area contributed by atoms with Gasteiger partial charge >= 0.3 is 6.09 Å². The average Bonchev–Trinajstić information content (AvgIpc) is 2.65. The van der Waals surface area contributed by atoms with Gasteiger partial charge in [-0.15, -0.1) is 0 Å². The molecule has 4 nitrogen and oxygen atoms in total. The molecular weight excluding hydrogens is 338 g/mol. The van der Waals surface area contributed by atoms with Crippen LogP contribution < -0.4 is 5.32 Å². The molecule has 1 N–H and O–H groups in total. The van der Waals surface area contributed by atoms with Gasteiger partial charge in [0.25, 0.3) is 0 Å². The first-order valence-corrected chi connectivity index (χ1v) is 11.2. The van der Waals surface area contributed by atoms with Crippen molar-refractivity contribution in [3.63, 3.8) is 0 Å². The highest BCUT2D eigenvalue weighted by atomic mass is 16.6. The quantitative estimate of drug-likeness (QED) is 0.624. The molecule has 2 fully saturated rings. The van der Waals surface area contributed by atoms with Crippen LogP contribution in [-0.4, -0.2) is 31.5 Å². The third-order valence-corrected chi connectivity index (χ3v) is 7.60. The molecule has 27 heavy (non-hydrogen) atoms. The van der Waals surface area contributed by atoms with Crippen molar-refractivity contribution in [2.45, 2.75) is 91.2 Å². The number of carbonyl (C=O) groups excluding carboxylic acids is 1. The molecule has 1 aliphatic heterocycles. The number of amides is 1. The second-order valence-corrected chi connectivity index (χ2v) is 9.29. The van der Waals surface area contributed by atoms with Crippen LogP contribution in [-0.2, 0) is 9.47 Å². The number of nitrogens with one attached hydrogen (secondary N) is 1. The topological polar surface area (TPSA) is 47.6 Å². The van der Waals surface area contributed by atoms with E-state index in [0.29, 0.717) is 43.1 Å². The van der Waals surface area contributed by atoms with Crippen LogP contribution in [0.4, 0.5) is 4.79 Å². The van der Waals surface area contributed by atoms with E-state index in [1.807, 2.05) is 0 Å². The molecule has 0 radical (unpaired) electrons. The van der Waals surface area contributed by atoms with Crippen LogP contribution in [0.3, 0.4) is 0 Å². The standard InChI is InChI=1S/C23H39NO3/c1-5-6-12-20-21-16(2)13-17(3)23(14-26-20,18(21)4)15-27-22(25)24-19-10-8-7-9-11-19/h13,17-21H,5-12,14-15H2,1-4H3,(H,24,25)/t17?,18-,20?,21?,23-/m1/s1. The monoisotopic (exact) mass is 377 g/mol. The number of rotatable bonds is 6. The maximum atomic E-state index is 12.4. The fourth-order valence-corrected chi connectivity index (χ4v) is 5.71. The zero-order chi connectivity index (χ0) is 19.4. The lowest BCUT2D eigenvalue weighted by molar-refractivity contribution is -0.165. The summed E-state index contributed by atoms with van der Waals surface area (Å²) in [5.74, 6) is 1.28. The largest absolute Gasteiger partial charge is 0.449 e. The van der Waals surface area contributed by atoms with Gasteiger partial charge in [0.05, 0.1) is 12.7 Å². The summed E-state index contributed by atoms with van der Waals surface area (Å²) in [7, 11) is 0. The fourth-order valence-electron chi connectivity index (χ4n) is 5.71. The first-order chi connectivity index (χ1) is 13.0. The first-order valence-electron chi connectivity index (χ1n) is 11.2. The summed E-state index contributed by atoms with van der Waals surface area (Å²) >= 11 is 0. The van der Waals surface area contributed by atoms with Crippen molar-refractivity contribution < 1.29 is 14.3 Å². The van der Waals surface area contributed by atoms with Crippen molar-refractivity contribution in [2.75, 3.05) is 13.2 Å². The summed E-state index contributed by atoms with van der Waals surface area (Å²) in [4.78, 5) is 12.4. The van der Waals surface area contributed by atoms with Crippen molar-refractivity contribution in [2.24, 2.45) is 23.2 Å². The Hall–Kier alpha value is -1.03. The van der Waals surface area contributed by atoms with Gasteiger partial charge in [-0.25, -0.2) is 4.79 Å². The maximum Gasteiger partial charge on any atom is 0.407 e. The van der Waals surface area contributed by atoms with Gasteiger partial charge in [-0.1, -0.05) is 64.5 Å². The van der Waals surface area contributed by atoms with Crippen LogP contribution >= 0.6 is 0 Å². The molecular formula is C23H39NO3. The number of alkyl carbamates (subject to hydrolysis) is 1. The Morgan fingerprint density at radius 2 is 2.04 bits per heavy atom. The molecule has 1 saturated carbocycles. The Morgan fingerprint density at radius 1 is 1.30 bits per heavy atom. The van der Waals surface area contributed by atoms with E-state index >= 15 is 0 Å². The van der Waals surface area contributed by atoms with E-state index in [9.17, 15) is 4.79 Å². The van der Waals surface area contributed by atoms with E-state index in [2.05, 4.69) is 39.1 Å². The van der Waals surface area contributed by atoms with Crippen molar-refractivity contribution in [1.82, 2.24) is 5.32 Å². The van der Waals surface area contributed by atoms with Gasteiger partial charge in [-0.2, -0.15) is 0 Å². The van der Waals surface area contributed by atoms with Gasteiger partial charge in [0.1, 0.15) is 6.61 Å². The lowest BCUT2D eigenvalue weighted by Gasteiger charge is -2.55. The smallest absolute Gasteiger partial charge is 0.407 e. The molecule has 2 aliphatic carbocycles. The minimum absolute atomic E-state index is 0.100. The average molecular weight is 378 g/mol. The molecule has 3 aliphatic rings. The summed E-state index contributed by atoms with van der Waals surface area (Å²) in [6.07, 6.45) is 11.9. The number of ether oxygens (including phenoxy) is 2. The fraction of sp³-hybridized carbons (Fsp3) is 0.870. The molecule has 3 rings (SSSR count). The molecule has 0 spiro atoms. The van der Waals surface area contributed by atoms with E-state index in [1.54, 1.807) is 0 Å². The molecule has 2 bridgehead atoms. The normalized spacial score (nSPS) is 36.8. The van der Waals surface area contributed by atoms with E-state index < -0.39 is 0 Å². The lowest BCUT2D eigenvalue weighted by atomic mass is 9.56. The van der Waals surface area contributed by atoms with E-state index in [0.717, 1.165) is 19.3 Å². The number of hydrogen-bond acceptors (Lipinski definition) is 3. The molecule has 1 amide bonds. The Kier molecular flexibility index (Phi) is 6.88. The molecule has 4 heteroatoms. The van der Waals surface area contributed by atoms with Crippen LogP contribution in [0.5, 0.6) is 0 Å². The highest BCUT2D eigenvalue weighted by Gasteiger charge is 2.53. The SMILES string of the molecule is CCCCC1OC[C@@]2(COC(=O)NC3CCCCC3)C(C)C=C(C)C1[C@H]2C. The second kappa shape index (κ2) is 8.98. The van der Waals surface area contributed by atoms with Crippen molar-refractivity contribution in [1.29, 1.82) is 0 Å². The van der Waals surface area contributed by atoms with Gasteiger partial charge in [0.2, 0.25) is 0 Å². The predicted octanol–water partition coefficient (Wildman–Crippen LogP) is 5.47. The molecule has 1 saturated heterocycles. The van der Waals surface area contributed by atoms with Crippen molar-refractivity contribution >= 4 is 6.09 Å². The minimum atomic E-state index is -0.244. The van der Waals surface area contributed by atoms with E-state index in [-0.39, 0.29) is 11.5 Å². The van der Waals surface area contributed by atoms with Gasteiger partial charge in [-0.05, 0) is 38.0 Å². The molecule has 0 aromatic rings. The highest BCUT2D eigenvalue weighted by Crippen LogP contribution is 2.53. The van der Waals surface area contributed by atoms with E-state index in [1.165, 1.54) is 37.7 Å². The summed E-state index contributed by atoms with van der Waals surface area (Å²) < 4.78 is 12.2. The van der Waals surface area contributed by atoms with Gasteiger partial charge in [0, 0.05) is 17.4 Å². The summed E-state index contributed by atoms with van der Waals surface area (Å²) in [5, 5.41) is 3.09. The Morgan fingerprint density at radius 3 is 2.74 bits per heavy atom. The van der Waals surface area contributed by atoms with Crippen LogP contribution in [0.2, 0.25) is 0 Å². The summed E-state index contributed by atoms with van der Waals surface area (Å²) in [6, 6.07) is 0.292. The van der Waals surface area contributed by atoms with Crippen LogP contribution in [0.25, 0.3) is 0 Å². The molecule has 3 unspecified atom stereocenters. The Balaban J connectivity index is 1.64. The van der Waals surface area contributed by atoms with Gasteiger partial charge in [0.15, 0.2) is 0 Å². The minimum Gasteiger partial charge on any atom is -0.449 e. The number of unbranched alkanes of at least 4 members (excludes halogenated alkanes) is 1. The van der Waals surface area contributed by atoms with Crippen molar-refractivity contribution in [3.8, 4) is 0 Å². The third-order valence-electron chi connectivity index (χ3n) is 7.60. The first kappa shape index (κ1) is 20.7. The molecule has 0 aromatic carbocycles. The second-order valence-electron chi connectivity index (χ2n) is 9.29. The molecule has 154 valence electrons. The van der Waals surface area contributed by atoms with Crippen LogP contribution in [0.1, 0.15) is 79.1 Å². The number of hydrogen-bond donors (Lipinski definition) is 1. The van der Waals surface area contributed by atoms with Crippen LogP contribution in [0, 0.1) is 23.2 Å². The Labute approximate surface area is 165 Å². The van der Waals surface area contributed by atoms with Gasteiger partial charge in [-0.3, -0.25) is 0 Å². The van der Waals surface area contributed by atoms with Crippen LogP contribution in [0.15, 0.2) is 11.6 Å². The number of carbonyl (C=O) groups is 1. The zero-order valence-electron chi connectivity index (χ0n) is 17.8. The van der Waals surface area contributed by atoms with E-state index in [4.69, 9.17) is 9.47 Å². The highest BCUT2D eigenvalue weighted by molar-refractivity contribution is 5.67. The molecule has 1 heterocycles. The number of fused-ring (bicyclic) bond motifs is 2.